The van der Waals surface area contributed by atoms with Crippen LogP contribution in [-0.4, -0.2) is 49.0 Å². The molecule has 1 aliphatic rings. The maximum atomic E-state index is 13.2. The minimum atomic E-state index is -0.231. The van der Waals surface area contributed by atoms with Crippen molar-refractivity contribution in [3.63, 3.8) is 0 Å². The van der Waals surface area contributed by atoms with E-state index in [0.29, 0.717) is 24.0 Å². The van der Waals surface area contributed by atoms with Gasteiger partial charge in [0.25, 0.3) is 5.91 Å². The van der Waals surface area contributed by atoms with Gasteiger partial charge in [0.1, 0.15) is 0 Å². The lowest BCUT2D eigenvalue weighted by Gasteiger charge is -2.33. The van der Waals surface area contributed by atoms with E-state index in [0.717, 1.165) is 61.2 Å². The number of aromatic nitrogens is 4. The average Bonchev–Trinajstić information content (AvgIpc) is 3.63. The number of nitrogens with one attached hydrogen (secondary N) is 2. The van der Waals surface area contributed by atoms with E-state index < -0.39 is 0 Å². The molecule has 1 saturated heterocycles. The lowest BCUT2D eigenvalue weighted by Crippen LogP contribution is -2.41. The zero-order valence-corrected chi connectivity index (χ0v) is 21.8. The zero-order chi connectivity index (χ0) is 26.3. The highest BCUT2D eigenvalue weighted by molar-refractivity contribution is 6.04. The molecule has 5 rings (SSSR count). The minimum Gasteiger partial charge on any atom is -0.340 e. The Bertz CT molecular complexity index is 1360. The number of imidazole rings is 1. The highest BCUT2D eigenvalue weighted by atomic mass is 16.2. The van der Waals surface area contributed by atoms with Crippen molar-refractivity contribution in [2.75, 3.05) is 11.9 Å². The van der Waals surface area contributed by atoms with Crippen LogP contribution in [0, 0.1) is 0 Å². The van der Waals surface area contributed by atoms with Gasteiger partial charge in [0.2, 0.25) is 11.9 Å². The second-order valence-electron chi connectivity index (χ2n) is 9.92. The fourth-order valence-corrected chi connectivity index (χ4v) is 5.04. The standard InChI is InChI=1S/C30H34N6O2/c1-22-10-7-8-17-35(22)28(37)16-6-5-13-26-21-36(27-14-3-2-4-15-27)30(33-26)34-29(38)24-12-9-11-23(18-24)25-19-31-32-20-25/h2-4,9,11-12,14-15,18-22H,5-8,10,13,16-17H2,1H3,(H,31,32)(H,33,34,38). The van der Waals surface area contributed by atoms with Crippen molar-refractivity contribution < 1.29 is 9.59 Å². The topological polar surface area (TPSA) is 95.9 Å². The van der Waals surface area contributed by atoms with Gasteiger partial charge in [-0.3, -0.25) is 24.6 Å². The summed E-state index contributed by atoms with van der Waals surface area (Å²) in [5.41, 5.74) is 4.17. The number of aryl methyl sites for hydroxylation is 1. The molecule has 1 fully saturated rings. The Kier molecular flexibility index (Phi) is 7.97. The number of amides is 2. The summed E-state index contributed by atoms with van der Waals surface area (Å²) in [4.78, 5) is 32.7. The number of piperidine rings is 1. The van der Waals surface area contributed by atoms with Crippen LogP contribution in [0.4, 0.5) is 5.95 Å². The van der Waals surface area contributed by atoms with Crippen LogP contribution >= 0.6 is 0 Å². The van der Waals surface area contributed by atoms with Crippen LogP contribution in [0.5, 0.6) is 0 Å². The van der Waals surface area contributed by atoms with Crippen LogP contribution in [0.3, 0.4) is 0 Å². The number of likely N-dealkylation sites (tertiary alicyclic amines) is 1. The summed E-state index contributed by atoms with van der Waals surface area (Å²) in [7, 11) is 0. The maximum absolute atomic E-state index is 13.2. The van der Waals surface area contributed by atoms with E-state index in [1.54, 1.807) is 18.5 Å². The third-order valence-corrected chi connectivity index (χ3v) is 7.17. The highest BCUT2D eigenvalue weighted by Gasteiger charge is 2.22. The van der Waals surface area contributed by atoms with Gasteiger partial charge < -0.3 is 4.90 Å². The molecule has 2 aromatic carbocycles. The largest absolute Gasteiger partial charge is 0.340 e. The lowest BCUT2D eigenvalue weighted by atomic mass is 10.0. The summed E-state index contributed by atoms with van der Waals surface area (Å²) in [5, 5.41) is 9.81. The first-order valence-electron chi connectivity index (χ1n) is 13.4. The molecule has 1 unspecified atom stereocenters. The summed E-state index contributed by atoms with van der Waals surface area (Å²) in [6, 6.07) is 17.6. The van der Waals surface area contributed by atoms with Crippen molar-refractivity contribution in [3.8, 4) is 16.8 Å². The zero-order valence-electron chi connectivity index (χ0n) is 21.8. The SMILES string of the molecule is CC1CCCCN1C(=O)CCCCc1cn(-c2ccccc2)c(NC(=O)c2cccc(-c3cn[nH]c3)c2)n1. The van der Waals surface area contributed by atoms with Gasteiger partial charge in [-0.15, -0.1) is 0 Å². The number of para-hydroxylation sites is 1. The van der Waals surface area contributed by atoms with Crippen molar-refractivity contribution in [1.82, 2.24) is 24.6 Å². The number of carbonyl (C=O) groups excluding carboxylic acids is 2. The fourth-order valence-electron chi connectivity index (χ4n) is 5.04. The molecule has 4 aromatic rings. The second-order valence-corrected chi connectivity index (χ2v) is 9.92. The quantitative estimate of drug-likeness (QED) is 0.285. The van der Waals surface area contributed by atoms with Crippen LogP contribution in [-0.2, 0) is 11.2 Å². The molecule has 0 radical (unpaired) electrons. The minimum absolute atomic E-state index is 0.231. The number of carbonyl (C=O) groups is 2. The van der Waals surface area contributed by atoms with Gasteiger partial charge in [-0.1, -0.05) is 30.3 Å². The Hall–Kier alpha value is -4.20. The van der Waals surface area contributed by atoms with Gasteiger partial charge >= 0.3 is 0 Å². The number of aromatic amines is 1. The third kappa shape index (κ3) is 6.02. The molecular formula is C30H34N6O2. The number of H-pyrrole nitrogens is 1. The van der Waals surface area contributed by atoms with Crippen LogP contribution in [0.15, 0.2) is 73.2 Å². The molecule has 2 N–H and O–H groups in total. The van der Waals surface area contributed by atoms with E-state index >= 15 is 0 Å². The Labute approximate surface area is 223 Å². The number of rotatable bonds is 9. The Balaban J connectivity index is 1.26. The van der Waals surface area contributed by atoms with E-state index in [1.807, 2.05) is 64.2 Å². The highest BCUT2D eigenvalue weighted by Crippen LogP contribution is 2.22. The molecule has 0 aliphatic carbocycles. The third-order valence-electron chi connectivity index (χ3n) is 7.17. The van der Waals surface area contributed by atoms with Crippen LogP contribution in [0.2, 0.25) is 0 Å². The molecule has 196 valence electrons. The molecule has 0 bridgehead atoms. The van der Waals surface area contributed by atoms with Crippen molar-refractivity contribution >= 4 is 17.8 Å². The van der Waals surface area contributed by atoms with E-state index in [1.165, 1.54) is 6.42 Å². The molecular weight excluding hydrogens is 476 g/mol. The molecule has 38 heavy (non-hydrogen) atoms. The van der Waals surface area contributed by atoms with Crippen LogP contribution in [0.1, 0.15) is 61.5 Å². The van der Waals surface area contributed by atoms with Crippen molar-refractivity contribution in [3.05, 3.63) is 84.4 Å². The van der Waals surface area contributed by atoms with Gasteiger partial charge in [-0.2, -0.15) is 5.10 Å². The summed E-state index contributed by atoms with van der Waals surface area (Å²) in [6.07, 6.45) is 11.9. The Morgan fingerprint density at radius 1 is 1.05 bits per heavy atom. The molecule has 2 amide bonds. The second kappa shape index (κ2) is 11.9. The van der Waals surface area contributed by atoms with Crippen molar-refractivity contribution in [2.24, 2.45) is 0 Å². The van der Waals surface area contributed by atoms with Gasteiger partial charge in [0.05, 0.1) is 11.9 Å². The fraction of sp³-hybridized carbons (Fsp3) is 0.333. The van der Waals surface area contributed by atoms with Gasteiger partial charge in [0, 0.05) is 48.2 Å². The Morgan fingerprint density at radius 2 is 1.92 bits per heavy atom. The normalized spacial score (nSPS) is 15.4. The monoisotopic (exact) mass is 510 g/mol. The number of hydrogen-bond donors (Lipinski definition) is 2. The summed E-state index contributed by atoms with van der Waals surface area (Å²) in [6.45, 7) is 3.03. The molecule has 1 atom stereocenters. The summed E-state index contributed by atoms with van der Waals surface area (Å²) in [5.74, 6) is 0.506. The number of benzene rings is 2. The van der Waals surface area contributed by atoms with E-state index in [2.05, 4.69) is 22.4 Å². The van der Waals surface area contributed by atoms with Crippen LogP contribution < -0.4 is 5.32 Å². The maximum Gasteiger partial charge on any atom is 0.258 e. The first kappa shape index (κ1) is 25.4. The van der Waals surface area contributed by atoms with E-state index in [4.69, 9.17) is 4.98 Å². The van der Waals surface area contributed by atoms with Crippen molar-refractivity contribution in [1.29, 1.82) is 0 Å². The molecule has 8 nitrogen and oxygen atoms in total. The molecule has 0 saturated carbocycles. The van der Waals surface area contributed by atoms with Crippen molar-refractivity contribution in [2.45, 2.75) is 57.9 Å². The predicted octanol–water partition coefficient (Wildman–Crippen LogP) is 5.63. The number of anilines is 1. The first-order chi connectivity index (χ1) is 18.6. The molecule has 3 heterocycles. The molecule has 0 spiro atoms. The van der Waals surface area contributed by atoms with Gasteiger partial charge in [0.15, 0.2) is 0 Å². The lowest BCUT2D eigenvalue weighted by molar-refractivity contribution is -0.134. The summed E-state index contributed by atoms with van der Waals surface area (Å²) < 4.78 is 1.91. The Morgan fingerprint density at radius 3 is 2.71 bits per heavy atom. The molecule has 1 aliphatic heterocycles. The van der Waals surface area contributed by atoms with E-state index in [9.17, 15) is 9.59 Å². The van der Waals surface area contributed by atoms with Crippen LogP contribution in [0.25, 0.3) is 16.8 Å². The predicted molar refractivity (Wildman–Crippen MR) is 148 cm³/mol. The van der Waals surface area contributed by atoms with Gasteiger partial charge in [-0.05, 0) is 75.3 Å². The number of nitrogens with zero attached hydrogens (tertiary/aromatic N) is 4. The summed E-state index contributed by atoms with van der Waals surface area (Å²) >= 11 is 0. The first-order valence-corrected chi connectivity index (χ1v) is 13.4. The number of hydrogen-bond acceptors (Lipinski definition) is 4. The molecule has 8 heteroatoms. The average molecular weight is 511 g/mol. The molecule has 2 aromatic heterocycles. The smallest absolute Gasteiger partial charge is 0.258 e. The van der Waals surface area contributed by atoms with Gasteiger partial charge in [-0.25, -0.2) is 4.98 Å². The van der Waals surface area contributed by atoms with E-state index in [-0.39, 0.29) is 11.8 Å². The number of unbranched alkanes of at least 4 members (excludes halogenated alkanes) is 1.